The number of nitrogens with one attached hydrogen (secondary N) is 1. The number of rotatable bonds is 4. The zero-order chi connectivity index (χ0) is 12.4. The van der Waals surface area contributed by atoms with E-state index in [1.807, 2.05) is 12.1 Å². The van der Waals surface area contributed by atoms with Crippen LogP contribution in [0.4, 0.5) is 5.13 Å². The molecule has 2 nitrogen and oxygen atoms in total. The van der Waals surface area contributed by atoms with Gasteiger partial charge >= 0.3 is 0 Å². The van der Waals surface area contributed by atoms with Crippen molar-refractivity contribution in [2.75, 3.05) is 5.32 Å². The fourth-order valence-electron chi connectivity index (χ4n) is 1.94. The molecule has 0 spiro atoms. The van der Waals surface area contributed by atoms with Crippen LogP contribution in [0, 0.1) is 5.92 Å². The van der Waals surface area contributed by atoms with Crippen LogP contribution in [0.25, 0.3) is 10.2 Å². The maximum atomic E-state index is 4.59. The molecule has 0 saturated heterocycles. The van der Waals surface area contributed by atoms with Gasteiger partial charge in [0.2, 0.25) is 0 Å². The van der Waals surface area contributed by atoms with Gasteiger partial charge in [-0.25, -0.2) is 4.98 Å². The SMILES string of the molecule is CC(C)CC(C)Nc1nc2ccc(Br)cc2s1. The molecule has 17 heavy (non-hydrogen) atoms. The normalized spacial score (nSPS) is 13.2. The first-order chi connectivity index (χ1) is 8.04. The molecule has 1 N–H and O–H groups in total. The second kappa shape index (κ2) is 5.36. The number of fused-ring (bicyclic) bond motifs is 1. The maximum absolute atomic E-state index is 4.59. The highest BCUT2D eigenvalue weighted by atomic mass is 79.9. The highest BCUT2D eigenvalue weighted by Crippen LogP contribution is 2.29. The molecule has 1 unspecified atom stereocenters. The zero-order valence-corrected chi connectivity index (χ0v) is 12.7. The van der Waals surface area contributed by atoms with E-state index in [1.165, 1.54) is 11.1 Å². The van der Waals surface area contributed by atoms with Crippen molar-refractivity contribution in [2.45, 2.75) is 33.2 Å². The molecule has 0 bridgehead atoms. The Hall–Kier alpha value is -0.610. The van der Waals surface area contributed by atoms with Crippen LogP contribution in [0.15, 0.2) is 22.7 Å². The van der Waals surface area contributed by atoms with E-state index in [0.717, 1.165) is 15.1 Å². The Bertz CT molecular complexity index is 507. The minimum Gasteiger partial charge on any atom is -0.359 e. The highest BCUT2D eigenvalue weighted by Gasteiger charge is 2.08. The number of nitrogens with zero attached hydrogens (tertiary/aromatic N) is 1. The molecule has 2 rings (SSSR count). The van der Waals surface area contributed by atoms with Gasteiger partial charge < -0.3 is 5.32 Å². The zero-order valence-electron chi connectivity index (χ0n) is 10.3. The van der Waals surface area contributed by atoms with Crippen molar-refractivity contribution in [2.24, 2.45) is 5.92 Å². The van der Waals surface area contributed by atoms with Crippen LogP contribution in [-0.2, 0) is 0 Å². The summed E-state index contributed by atoms with van der Waals surface area (Å²) in [7, 11) is 0. The summed E-state index contributed by atoms with van der Waals surface area (Å²) >= 11 is 5.20. The van der Waals surface area contributed by atoms with Crippen LogP contribution in [0.3, 0.4) is 0 Å². The number of hydrogen-bond acceptors (Lipinski definition) is 3. The molecule has 0 fully saturated rings. The highest BCUT2D eigenvalue weighted by molar-refractivity contribution is 9.10. The fraction of sp³-hybridized carbons (Fsp3) is 0.462. The molecule has 1 aromatic heterocycles. The molecule has 0 aliphatic heterocycles. The van der Waals surface area contributed by atoms with Crippen LogP contribution < -0.4 is 5.32 Å². The van der Waals surface area contributed by atoms with E-state index in [4.69, 9.17) is 0 Å². The van der Waals surface area contributed by atoms with Gasteiger partial charge in [-0.2, -0.15) is 0 Å². The Balaban J connectivity index is 2.14. The molecule has 0 saturated carbocycles. The number of thiazole rings is 1. The quantitative estimate of drug-likeness (QED) is 0.868. The summed E-state index contributed by atoms with van der Waals surface area (Å²) in [6.45, 7) is 6.70. The van der Waals surface area contributed by atoms with Crippen molar-refractivity contribution >= 4 is 42.6 Å². The van der Waals surface area contributed by atoms with Gasteiger partial charge in [-0.1, -0.05) is 41.1 Å². The second-order valence-electron chi connectivity index (χ2n) is 4.81. The van der Waals surface area contributed by atoms with Crippen LogP contribution in [0.2, 0.25) is 0 Å². The van der Waals surface area contributed by atoms with E-state index < -0.39 is 0 Å². The van der Waals surface area contributed by atoms with Crippen molar-refractivity contribution in [1.29, 1.82) is 0 Å². The molecular weight excluding hydrogens is 296 g/mol. The first-order valence-electron chi connectivity index (χ1n) is 5.87. The molecule has 0 aliphatic rings. The van der Waals surface area contributed by atoms with Crippen LogP contribution in [0.5, 0.6) is 0 Å². The molecule has 4 heteroatoms. The van der Waals surface area contributed by atoms with Gasteiger partial charge in [0.25, 0.3) is 0 Å². The summed E-state index contributed by atoms with van der Waals surface area (Å²) in [4.78, 5) is 4.59. The molecule has 92 valence electrons. The van der Waals surface area contributed by atoms with Gasteiger partial charge in [-0.05, 0) is 37.5 Å². The smallest absolute Gasteiger partial charge is 0.183 e. The van der Waals surface area contributed by atoms with E-state index in [0.29, 0.717) is 12.0 Å². The molecule has 2 aromatic rings. The topological polar surface area (TPSA) is 24.9 Å². The summed E-state index contributed by atoms with van der Waals surface area (Å²) in [6, 6.07) is 6.67. The van der Waals surface area contributed by atoms with E-state index in [1.54, 1.807) is 11.3 Å². The van der Waals surface area contributed by atoms with Crippen molar-refractivity contribution in [3.05, 3.63) is 22.7 Å². The van der Waals surface area contributed by atoms with E-state index in [9.17, 15) is 0 Å². The first-order valence-corrected chi connectivity index (χ1v) is 7.48. The molecule has 0 amide bonds. The molecule has 0 radical (unpaired) electrons. The number of benzene rings is 1. The van der Waals surface area contributed by atoms with Crippen LogP contribution in [-0.4, -0.2) is 11.0 Å². The third kappa shape index (κ3) is 3.42. The van der Waals surface area contributed by atoms with Crippen molar-refractivity contribution in [3.63, 3.8) is 0 Å². The Morgan fingerprint density at radius 1 is 1.35 bits per heavy atom. The average Bonchev–Trinajstić information content (AvgIpc) is 2.57. The third-order valence-electron chi connectivity index (χ3n) is 2.55. The summed E-state index contributed by atoms with van der Waals surface area (Å²) in [5, 5.41) is 4.49. The Morgan fingerprint density at radius 3 is 2.82 bits per heavy atom. The standard InChI is InChI=1S/C13H17BrN2S/c1-8(2)6-9(3)15-13-16-11-5-4-10(14)7-12(11)17-13/h4-5,7-9H,6H2,1-3H3,(H,15,16). The van der Waals surface area contributed by atoms with E-state index in [-0.39, 0.29) is 0 Å². The molecule has 1 aromatic carbocycles. The summed E-state index contributed by atoms with van der Waals surface area (Å²) in [6.07, 6.45) is 1.17. The lowest BCUT2D eigenvalue weighted by Crippen LogP contribution is -2.17. The van der Waals surface area contributed by atoms with Gasteiger partial charge in [-0.15, -0.1) is 0 Å². The number of anilines is 1. The summed E-state index contributed by atoms with van der Waals surface area (Å²) in [5.41, 5.74) is 1.07. The molecule has 1 heterocycles. The van der Waals surface area contributed by atoms with Crippen molar-refractivity contribution in [1.82, 2.24) is 4.98 Å². The predicted octanol–water partition coefficient (Wildman–Crippen LogP) is 4.91. The fourth-order valence-corrected chi connectivity index (χ4v) is 3.47. The molecule has 1 atom stereocenters. The van der Waals surface area contributed by atoms with E-state index in [2.05, 4.69) is 53.1 Å². The number of halogens is 1. The Labute approximate surface area is 115 Å². The van der Waals surface area contributed by atoms with Gasteiger partial charge in [0.15, 0.2) is 5.13 Å². The van der Waals surface area contributed by atoms with Gasteiger partial charge in [0.05, 0.1) is 10.2 Å². The van der Waals surface area contributed by atoms with Gasteiger partial charge in [-0.3, -0.25) is 0 Å². The lowest BCUT2D eigenvalue weighted by Gasteiger charge is -2.14. The summed E-state index contributed by atoms with van der Waals surface area (Å²) in [5.74, 6) is 0.709. The predicted molar refractivity (Wildman–Crippen MR) is 79.9 cm³/mol. The molecular formula is C13H17BrN2S. The largest absolute Gasteiger partial charge is 0.359 e. The number of hydrogen-bond donors (Lipinski definition) is 1. The lowest BCUT2D eigenvalue weighted by molar-refractivity contribution is 0.539. The minimum atomic E-state index is 0.471. The monoisotopic (exact) mass is 312 g/mol. The number of aromatic nitrogens is 1. The summed E-state index contributed by atoms with van der Waals surface area (Å²) < 4.78 is 2.33. The maximum Gasteiger partial charge on any atom is 0.183 e. The molecule has 0 aliphatic carbocycles. The Morgan fingerprint density at radius 2 is 2.12 bits per heavy atom. The second-order valence-corrected chi connectivity index (χ2v) is 6.75. The van der Waals surface area contributed by atoms with Gasteiger partial charge in [0, 0.05) is 10.5 Å². The van der Waals surface area contributed by atoms with Crippen LogP contribution in [0.1, 0.15) is 27.2 Å². The van der Waals surface area contributed by atoms with E-state index >= 15 is 0 Å². The van der Waals surface area contributed by atoms with Crippen molar-refractivity contribution < 1.29 is 0 Å². The van der Waals surface area contributed by atoms with Gasteiger partial charge in [0.1, 0.15) is 0 Å². The minimum absolute atomic E-state index is 0.471. The Kier molecular flexibility index (Phi) is 4.05. The third-order valence-corrected chi connectivity index (χ3v) is 3.99. The lowest BCUT2D eigenvalue weighted by atomic mass is 10.1. The van der Waals surface area contributed by atoms with Crippen molar-refractivity contribution in [3.8, 4) is 0 Å². The average molecular weight is 313 g/mol. The first kappa shape index (κ1) is 12.8. The van der Waals surface area contributed by atoms with Crippen LogP contribution >= 0.6 is 27.3 Å².